The second-order valence-electron chi connectivity index (χ2n) is 3.81. The molecule has 0 aliphatic carbocycles. The van der Waals surface area contributed by atoms with Gasteiger partial charge in [-0.15, -0.1) is 0 Å². The van der Waals surface area contributed by atoms with Crippen LogP contribution < -0.4 is 0 Å². The molecular formula is C10H14Br2O6. The number of carbonyl (C=O) groups excluding carboxylic acids is 2. The molecule has 1 aliphatic heterocycles. The Labute approximate surface area is 121 Å². The maximum absolute atomic E-state index is 11.1. The van der Waals surface area contributed by atoms with Gasteiger partial charge < -0.3 is 19.3 Å². The van der Waals surface area contributed by atoms with Crippen LogP contribution in [0.25, 0.3) is 0 Å². The van der Waals surface area contributed by atoms with Gasteiger partial charge in [0.2, 0.25) is 0 Å². The predicted molar refractivity (Wildman–Crippen MR) is 68.5 cm³/mol. The van der Waals surface area contributed by atoms with E-state index in [0.717, 1.165) is 0 Å². The minimum Gasteiger partial charge on any atom is -0.457 e. The van der Waals surface area contributed by atoms with Gasteiger partial charge in [-0.25, -0.2) is 0 Å². The van der Waals surface area contributed by atoms with E-state index in [1.54, 1.807) is 0 Å². The van der Waals surface area contributed by atoms with Crippen LogP contribution in [-0.2, 0) is 23.8 Å². The molecule has 1 N–H and O–H groups in total. The first-order valence-electron chi connectivity index (χ1n) is 5.24. The third-order valence-electron chi connectivity index (χ3n) is 2.34. The average molecular weight is 390 g/mol. The number of alkyl halides is 2. The van der Waals surface area contributed by atoms with Crippen molar-refractivity contribution in [1.29, 1.82) is 0 Å². The monoisotopic (exact) mass is 388 g/mol. The Kier molecular flexibility index (Phi) is 6.03. The van der Waals surface area contributed by atoms with E-state index < -0.39 is 41.4 Å². The fourth-order valence-corrected chi connectivity index (χ4v) is 3.43. The average Bonchev–Trinajstić information content (AvgIpc) is 2.27. The molecule has 1 saturated heterocycles. The van der Waals surface area contributed by atoms with Gasteiger partial charge in [0, 0.05) is 19.2 Å². The summed E-state index contributed by atoms with van der Waals surface area (Å²) in [6, 6.07) is 0. The van der Waals surface area contributed by atoms with Crippen molar-refractivity contribution in [3.8, 4) is 0 Å². The molecule has 0 saturated carbocycles. The summed E-state index contributed by atoms with van der Waals surface area (Å²) >= 11 is 6.56. The Morgan fingerprint density at radius 1 is 1.22 bits per heavy atom. The maximum atomic E-state index is 11.1. The number of aliphatic hydroxyl groups excluding tert-OH is 1. The quantitative estimate of drug-likeness (QED) is 0.566. The molecule has 0 radical (unpaired) electrons. The Bertz CT molecular complexity index is 323. The minimum absolute atomic E-state index is 0.395. The van der Waals surface area contributed by atoms with Gasteiger partial charge in [0.05, 0.1) is 10.9 Å². The highest BCUT2D eigenvalue weighted by Gasteiger charge is 2.47. The molecule has 1 fully saturated rings. The molecule has 5 atom stereocenters. The van der Waals surface area contributed by atoms with Gasteiger partial charge in [0.25, 0.3) is 0 Å². The minimum atomic E-state index is -1.34. The smallest absolute Gasteiger partial charge is 0.303 e. The Morgan fingerprint density at radius 3 is 2.17 bits per heavy atom. The molecule has 0 aromatic rings. The molecule has 1 heterocycles. The summed E-state index contributed by atoms with van der Waals surface area (Å²) in [7, 11) is 0. The zero-order chi connectivity index (χ0) is 13.9. The lowest BCUT2D eigenvalue weighted by Gasteiger charge is -2.41. The normalized spacial score (nSPS) is 35.9. The number of hydrogen-bond donors (Lipinski definition) is 1. The topological polar surface area (TPSA) is 82.1 Å². The first kappa shape index (κ1) is 15.9. The van der Waals surface area contributed by atoms with Crippen LogP contribution in [0.1, 0.15) is 13.8 Å². The number of ether oxygens (including phenoxy) is 3. The Balaban J connectivity index is 2.89. The van der Waals surface area contributed by atoms with Crippen LogP contribution in [0.5, 0.6) is 0 Å². The van der Waals surface area contributed by atoms with Crippen LogP contribution in [0.2, 0.25) is 0 Å². The van der Waals surface area contributed by atoms with E-state index in [-0.39, 0.29) is 0 Å². The van der Waals surface area contributed by atoms with E-state index in [0.29, 0.717) is 5.33 Å². The lowest BCUT2D eigenvalue weighted by Crippen LogP contribution is -2.58. The van der Waals surface area contributed by atoms with Crippen molar-refractivity contribution >= 4 is 43.8 Å². The number of halogens is 2. The summed E-state index contributed by atoms with van der Waals surface area (Å²) < 4.78 is 15.3. The van der Waals surface area contributed by atoms with Crippen LogP contribution in [0, 0.1) is 0 Å². The van der Waals surface area contributed by atoms with Crippen LogP contribution in [0.15, 0.2) is 0 Å². The molecule has 0 aromatic carbocycles. The van der Waals surface area contributed by atoms with Crippen molar-refractivity contribution in [2.24, 2.45) is 0 Å². The van der Waals surface area contributed by atoms with Gasteiger partial charge in [-0.2, -0.15) is 0 Å². The Morgan fingerprint density at radius 2 is 1.72 bits per heavy atom. The molecule has 18 heavy (non-hydrogen) atoms. The molecule has 0 bridgehead atoms. The molecule has 1 aliphatic rings. The molecule has 0 spiro atoms. The Hall–Kier alpha value is -0.180. The van der Waals surface area contributed by atoms with Crippen LogP contribution in [0.3, 0.4) is 0 Å². The largest absolute Gasteiger partial charge is 0.457 e. The van der Waals surface area contributed by atoms with E-state index in [1.165, 1.54) is 13.8 Å². The van der Waals surface area contributed by atoms with Gasteiger partial charge in [-0.3, -0.25) is 9.59 Å². The third kappa shape index (κ3) is 3.91. The summed E-state index contributed by atoms with van der Waals surface area (Å²) in [5.74, 6) is -1.11. The molecule has 1 rings (SSSR count). The molecule has 0 amide bonds. The highest BCUT2D eigenvalue weighted by molar-refractivity contribution is 9.10. The summed E-state index contributed by atoms with van der Waals surface area (Å²) in [6.07, 6.45) is -3.60. The molecule has 6 nitrogen and oxygen atoms in total. The summed E-state index contributed by atoms with van der Waals surface area (Å²) in [5, 5.41) is 10.2. The van der Waals surface area contributed by atoms with Crippen LogP contribution in [0.4, 0.5) is 0 Å². The van der Waals surface area contributed by atoms with Crippen LogP contribution >= 0.6 is 31.9 Å². The van der Waals surface area contributed by atoms with Gasteiger partial charge >= 0.3 is 11.9 Å². The van der Waals surface area contributed by atoms with Crippen molar-refractivity contribution in [1.82, 2.24) is 0 Å². The highest BCUT2D eigenvalue weighted by atomic mass is 79.9. The van der Waals surface area contributed by atoms with E-state index in [1.807, 2.05) is 0 Å². The van der Waals surface area contributed by atoms with Crippen molar-refractivity contribution < 1.29 is 28.9 Å². The number of carbonyl (C=O) groups is 2. The third-order valence-corrected chi connectivity index (χ3v) is 4.09. The van der Waals surface area contributed by atoms with Crippen molar-refractivity contribution in [3.05, 3.63) is 0 Å². The van der Waals surface area contributed by atoms with Crippen LogP contribution in [-0.4, -0.2) is 51.8 Å². The first-order chi connectivity index (χ1) is 8.36. The predicted octanol–water partition coefficient (Wildman–Crippen LogP) is 0.725. The molecule has 8 heteroatoms. The zero-order valence-corrected chi connectivity index (χ0v) is 13.0. The number of rotatable bonds is 3. The van der Waals surface area contributed by atoms with E-state index >= 15 is 0 Å². The second kappa shape index (κ2) is 6.83. The molecule has 0 aromatic heterocycles. The molecule has 104 valence electrons. The van der Waals surface area contributed by atoms with E-state index in [2.05, 4.69) is 31.9 Å². The highest BCUT2D eigenvalue weighted by Crippen LogP contribution is 2.30. The summed E-state index contributed by atoms with van der Waals surface area (Å²) in [5.41, 5.74) is 0. The second-order valence-corrected chi connectivity index (χ2v) is 5.52. The van der Waals surface area contributed by atoms with Crippen molar-refractivity contribution in [2.75, 3.05) is 5.33 Å². The molecular weight excluding hydrogens is 376 g/mol. The summed E-state index contributed by atoms with van der Waals surface area (Å²) in [4.78, 5) is 21.7. The molecule has 0 unspecified atom stereocenters. The zero-order valence-electron chi connectivity index (χ0n) is 9.84. The lowest BCUT2D eigenvalue weighted by atomic mass is 10.0. The van der Waals surface area contributed by atoms with Gasteiger partial charge in [0.1, 0.15) is 0 Å². The number of esters is 2. The fourth-order valence-electron chi connectivity index (χ4n) is 1.65. The summed E-state index contributed by atoms with van der Waals surface area (Å²) in [6.45, 7) is 2.45. The standard InChI is InChI=1S/C10H14Br2O6/c1-4(13)16-8-7(12)6(3-11)18-10(15)9(8)17-5(2)14/h6-10,15H,3H2,1-2H3/t6-,7+,8+,9-,10+/m1/s1. The van der Waals surface area contributed by atoms with Gasteiger partial charge in [-0.05, 0) is 0 Å². The fraction of sp³-hybridized carbons (Fsp3) is 0.800. The number of hydrogen-bond acceptors (Lipinski definition) is 6. The van der Waals surface area contributed by atoms with Crippen molar-refractivity contribution in [3.63, 3.8) is 0 Å². The maximum Gasteiger partial charge on any atom is 0.303 e. The first-order valence-corrected chi connectivity index (χ1v) is 7.28. The number of aliphatic hydroxyl groups is 1. The van der Waals surface area contributed by atoms with Crippen molar-refractivity contribution in [2.45, 2.75) is 43.3 Å². The lowest BCUT2D eigenvalue weighted by molar-refractivity contribution is -0.251. The van der Waals surface area contributed by atoms with E-state index in [4.69, 9.17) is 14.2 Å². The SMILES string of the molecule is CC(=O)O[C@@H]1[C@@H](OC(C)=O)[C@@H](Br)[C@@H](CBr)O[C@@H]1O. The van der Waals surface area contributed by atoms with Gasteiger partial charge in [-0.1, -0.05) is 31.9 Å². The van der Waals surface area contributed by atoms with E-state index in [9.17, 15) is 14.7 Å². The van der Waals surface area contributed by atoms with Gasteiger partial charge in [0.15, 0.2) is 18.5 Å².